The molecular weight excluding hydrogens is 148 g/mol. The predicted octanol–water partition coefficient (Wildman–Crippen LogP) is 2.21. The number of hydrogen-bond acceptors (Lipinski definition) is 0. The van der Waals surface area contributed by atoms with E-state index in [9.17, 15) is 0 Å². The summed E-state index contributed by atoms with van der Waals surface area (Å²) in [5, 5.41) is 0. The molecule has 2 N–H and O–H groups in total. The Labute approximate surface area is 74.0 Å². The van der Waals surface area contributed by atoms with Gasteiger partial charge in [-0.25, -0.2) is 0 Å². The zero-order chi connectivity index (χ0) is 8.27. The third kappa shape index (κ3) is 2.51. The zero-order valence-electron chi connectivity index (χ0n) is 7.72. The third-order valence-corrected chi connectivity index (χ3v) is 1.95. The Bertz CT molecular complexity index is 264. The van der Waals surface area contributed by atoms with E-state index in [1.165, 1.54) is 16.7 Å². The second-order valence-corrected chi connectivity index (χ2v) is 2.91. The summed E-state index contributed by atoms with van der Waals surface area (Å²) in [7, 11) is 0. The van der Waals surface area contributed by atoms with Crippen molar-refractivity contribution in [2.75, 3.05) is 0 Å². The predicted molar refractivity (Wildman–Crippen MR) is 53.4 cm³/mol. The van der Waals surface area contributed by atoms with E-state index >= 15 is 0 Å². The zero-order valence-corrected chi connectivity index (χ0v) is 7.72. The van der Waals surface area contributed by atoms with Gasteiger partial charge in [-0.05, 0) is 37.0 Å². The van der Waals surface area contributed by atoms with E-state index in [1.54, 1.807) is 0 Å². The van der Waals surface area contributed by atoms with Gasteiger partial charge in [-0.3, -0.25) is 0 Å². The lowest BCUT2D eigenvalue weighted by atomic mass is 10.0. The maximum atomic E-state index is 3.71. The van der Waals surface area contributed by atoms with Crippen molar-refractivity contribution >= 4 is 0 Å². The topological polar surface area (TPSA) is 31.5 Å². The van der Waals surface area contributed by atoms with Gasteiger partial charge in [0.1, 0.15) is 0 Å². The van der Waals surface area contributed by atoms with Crippen molar-refractivity contribution in [3.05, 3.63) is 47.5 Å². The van der Waals surface area contributed by atoms with Crippen molar-refractivity contribution < 1.29 is 5.48 Å². The minimum atomic E-state index is 0. The van der Waals surface area contributed by atoms with Crippen LogP contribution in [0.4, 0.5) is 0 Å². The van der Waals surface area contributed by atoms with Crippen LogP contribution in [0.2, 0.25) is 0 Å². The molecule has 0 unspecified atom stereocenters. The monoisotopic (exact) mass is 164 g/mol. The molecule has 12 heavy (non-hydrogen) atoms. The first-order chi connectivity index (χ1) is 5.24. The fourth-order valence-corrected chi connectivity index (χ4v) is 1.10. The van der Waals surface area contributed by atoms with Crippen molar-refractivity contribution in [1.29, 1.82) is 0 Å². The molecule has 0 saturated heterocycles. The summed E-state index contributed by atoms with van der Waals surface area (Å²) in [6.45, 7) is 7.98. The summed E-state index contributed by atoms with van der Waals surface area (Å²) in [5.41, 5.74) is 4.07. The number of benzene rings is 1. The quantitative estimate of drug-likeness (QED) is 0.600. The van der Waals surface area contributed by atoms with Gasteiger partial charge < -0.3 is 5.48 Å². The van der Waals surface area contributed by atoms with Crippen LogP contribution in [0, 0.1) is 13.8 Å². The van der Waals surface area contributed by atoms with Gasteiger partial charge in [-0.2, -0.15) is 0 Å². The average Bonchev–Trinajstić information content (AvgIpc) is 1.98. The van der Waals surface area contributed by atoms with E-state index < -0.39 is 0 Å². The summed E-state index contributed by atoms with van der Waals surface area (Å²) < 4.78 is 0. The first kappa shape index (κ1) is 10.9. The van der Waals surface area contributed by atoms with Crippen LogP contribution in [0.1, 0.15) is 16.7 Å². The van der Waals surface area contributed by atoms with Crippen LogP contribution in [0.25, 0.3) is 0 Å². The SMILES string of the molecule is C=CCc1ccc(C)c(C)c1.O. The second-order valence-electron chi connectivity index (χ2n) is 2.91. The molecule has 0 atom stereocenters. The maximum absolute atomic E-state index is 3.71. The molecule has 1 heteroatoms. The molecule has 0 fully saturated rings. The van der Waals surface area contributed by atoms with E-state index in [-0.39, 0.29) is 5.48 Å². The maximum Gasteiger partial charge on any atom is -0.0100 e. The molecular formula is C11H16O. The lowest BCUT2D eigenvalue weighted by molar-refractivity contribution is 0.824. The van der Waals surface area contributed by atoms with Crippen LogP contribution < -0.4 is 0 Å². The van der Waals surface area contributed by atoms with Crippen molar-refractivity contribution in [1.82, 2.24) is 0 Å². The minimum absolute atomic E-state index is 0. The van der Waals surface area contributed by atoms with Crippen LogP contribution >= 0.6 is 0 Å². The molecule has 1 aromatic rings. The normalized spacial score (nSPS) is 8.83. The fraction of sp³-hybridized carbons (Fsp3) is 0.273. The number of hydrogen-bond donors (Lipinski definition) is 0. The van der Waals surface area contributed by atoms with Crippen molar-refractivity contribution in [2.24, 2.45) is 0 Å². The van der Waals surface area contributed by atoms with Crippen molar-refractivity contribution in [2.45, 2.75) is 20.3 Å². The molecule has 0 heterocycles. The lowest BCUT2D eigenvalue weighted by Gasteiger charge is -2.01. The molecule has 0 saturated carbocycles. The van der Waals surface area contributed by atoms with Gasteiger partial charge >= 0.3 is 0 Å². The van der Waals surface area contributed by atoms with Crippen LogP contribution in [-0.4, -0.2) is 5.48 Å². The lowest BCUT2D eigenvalue weighted by Crippen LogP contribution is -1.85. The molecule has 1 aromatic carbocycles. The van der Waals surface area contributed by atoms with E-state index in [4.69, 9.17) is 0 Å². The van der Waals surface area contributed by atoms with Gasteiger partial charge in [0, 0.05) is 0 Å². The molecule has 1 nitrogen and oxygen atoms in total. The van der Waals surface area contributed by atoms with E-state index in [1.807, 2.05) is 6.08 Å². The molecule has 0 spiro atoms. The Kier molecular flexibility index (Phi) is 4.30. The average molecular weight is 164 g/mol. The molecule has 0 amide bonds. The van der Waals surface area contributed by atoms with E-state index in [2.05, 4.69) is 38.6 Å². The molecule has 0 bridgehead atoms. The number of aryl methyl sites for hydroxylation is 2. The van der Waals surface area contributed by atoms with Crippen LogP contribution in [-0.2, 0) is 6.42 Å². The first-order valence-electron chi connectivity index (χ1n) is 3.91. The standard InChI is InChI=1S/C11H14.H2O/c1-4-5-11-7-6-9(2)10(3)8-11;/h4,6-8H,1,5H2,2-3H3;1H2. The Morgan fingerprint density at radius 3 is 2.42 bits per heavy atom. The largest absolute Gasteiger partial charge is 0.412 e. The van der Waals surface area contributed by atoms with E-state index in [0.29, 0.717) is 0 Å². The highest BCUT2D eigenvalue weighted by Crippen LogP contribution is 2.10. The Balaban J connectivity index is 0.00000121. The highest BCUT2D eigenvalue weighted by molar-refractivity contribution is 5.30. The Hall–Kier alpha value is -1.08. The summed E-state index contributed by atoms with van der Waals surface area (Å²) in [6, 6.07) is 6.54. The van der Waals surface area contributed by atoms with Gasteiger partial charge in [0.15, 0.2) is 0 Å². The van der Waals surface area contributed by atoms with Crippen LogP contribution in [0.5, 0.6) is 0 Å². The molecule has 66 valence electrons. The first-order valence-corrected chi connectivity index (χ1v) is 3.91. The van der Waals surface area contributed by atoms with Gasteiger partial charge in [-0.15, -0.1) is 6.58 Å². The van der Waals surface area contributed by atoms with Gasteiger partial charge in [0.2, 0.25) is 0 Å². The van der Waals surface area contributed by atoms with E-state index in [0.717, 1.165) is 6.42 Å². The molecule has 0 aromatic heterocycles. The highest BCUT2D eigenvalue weighted by Gasteiger charge is 1.92. The van der Waals surface area contributed by atoms with Gasteiger partial charge in [-0.1, -0.05) is 24.3 Å². The minimum Gasteiger partial charge on any atom is -0.412 e. The van der Waals surface area contributed by atoms with Gasteiger partial charge in [0.25, 0.3) is 0 Å². The summed E-state index contributed by atoms with van der Waals surface area (Å²) >= 11 is 0. The highest BCUT2D eigenvalue weighted by atomic mass is 16.0. The molecule has 0 aliphatic rings. The van der Waals surface area contributed by atoms with Crippen molar-refractivity contribution in [3.63, 3.8) is 0 Å². The Morgan fingerprint density at radius 1 is 1.25 bits per heavy atom. The number of rotatable bonds is 2. The number of allylic oxidation sites excluding steroid dienone is 1. The Morgan fingerprint density at radius 2 is 1.92 bits per heavy atom. The molecule has 0 aliphatic heterocycles. The molecule has 0 radical (unpaired) electrons. The summed E-state index contributed by atoms with van der Waals surface area (Å²) in [5.74, 6) is 0. The van der Waals surface area contributed by atoms with Crippen LogP contribution in [0.3, 0.4) is 0 Å². The van der Waals surface area contributed by atoms with Crippen LogP contribution in [0.15, 0.2) is 30.9 Å². The van der Waals surface area contributed by atoms with Crippen molar-refractivity contribution in [3.8, 4) is 0 Å². The molecule has 1 rings (SSSR count). The molecule has 0 aliphatic carbocycles. The smallest absolute Gasteiger partial charge is 0.0100 e. The van der Waals surface area contributed by atoms with Gasteiger partial charge in [0.05, 0.1) is 0 Å². The third-order valence-electron chi connectivity index (χ3n) is 1.95. The summed E-state index contributed by atoms with van der Waals surface area (Å²) in [6.07, 6.45) is 2.91. The second kappa shape index (κ2) is 4.73. The fourth-order valence-electron chi connectivity index (χ4n) is 1.10. The summed E-state index contributed by atoms with van der Waals surface area (Å²) in [4.78, 5) is 0.